The van der Waals surface area contributed by atoms with Crippen molar-refractivity contribution >= 4 is 23.7 Å². The Balaban J connectivity index is 2.21. The molecule has 17 heteroatoms. The van der Waals surface area contributed by atoms with E-state index < -0.39 is 120 Å². The number of hydrogen-bond acceptors (Lipinski definition) is 16. The van der Waals surface area contributed by atoms with Crippen LogP contribution in [0.25, 0.3) is 0 Å². The van der Waals surface area contributed by atoms with Crippen molar-refractivity contribution in [2.75, 3.05) is 28.3 Å². The van der Waals surface area contributed by atoms with Crippen molar-refractivity contribution in [1.82, 2.24) is 4.90 Å². The molecular formula is C41H71NO16. The number of aliphatic hydroxyl groups excluding tert-OH is 2. The molecule has 0 amide bonds. The number of cyclic esters (lactones) is 1. The standard InChI is InChI=1S/C41H71NO16/c1-15-27-41(10,50)34(48)22(4)31(46)20(2)18-39(8,51-13)35(58-38-32(47)26(42(11)12)16-21(3)53-38)23(5)33(24(6)37(49)55-27)57-30-19-40(9,52-14)36(25(7)54-30)56-29(45)17-28(43)44/h20-27,30,32-36,38,47-48,50H,15-19H2,1-14H3,(H,43,44)/t20-,21-,22+,23+,24-,25+,26+,27-,30?,32-,33+,34-,35-,36+,38?,39-,40-,41-/m1/s1. The normalized spacial score (nSPS) is 45.0. The van der Waals surface area contributed by atoms with Gasteiger partial charge in [0.1, 0.15) is 35.6 Å². The van der Waals surface area contributed by atoms with Crippen LogP contribution in [-0.2, 0) is 57.1 Å². The number of ketones is 1. The summed E-state index contributed by atoms with van der Waals surface area (Å²) in [6, 6.07) is -0.333. The molecule has 3 fully saturated rings. The van der Waals surface area contributed by atoms with E-state index in [9.17, 15) is 34.5 Å². The first-order valence-electron chi connectivity index (χ1n) is 20.4. The van der Waals surface area contributed by atoms with Gasteiger partial charge in [-0.2, -0.15) is 0 Å². The van der Waals surface area contributed by atoms with Gasteiger partial charge in [0, 0.05) is 44.4 Å². The lowest BCUT2D eigenvalue weighted by atomic mass is 9.74. The zero-order valence-corrected chi connectivity index (χ0v) is 36.8. The summed E-state index contributed by atoms with van der Waals surface area (Å²) in [5.41, 5.74) is -4.59. The average Bonchev–Trinajstić information content (AvgIpc) is 3.14. The number of rotatable bonds is 11. The topological polar surface area (TPSA) is 226 Å². The highest BCUT2D eigenvalue weighted by Gasteiger charge is 2.55. The van der Waals surface area contributed by atoms with E-state index in [-0.39, 0.29) is 37.2 Å². The minimum absolute atomic E-state index is 0.0364. The van der Waals surface area contributed by atoms with Crippen molar-refractivity contribution < 1.29 is 77.5 Å². The van der Waals surface area contributed by atoms with E-state index in [1.54, 1.807) is 48.5 Å². The second-order valence-corrected chi connectivity index (χ2v) is 17.7. The molecule has 0 aromatic carbocycles. The number of likely N-dealkylation sites (N-methyl/N-ethyl adjacent to an activating group) is 1. The average molecular weight is 834 g/mol. The molecule has 3 heterocycles. The number of esters is 2. The zero-order chi connectivity index (χ0) is 44.2. The van der Waals surface area contributed by atoms with Crippen LogP contribution in [-0.4, -0.2) is 162 Å². The molecular weight excluding hydrogens is 762 g/mol. The summed E-state index contributed by atoms with van der Waals surface area (Å²) in [5.74, 6) is -7.21. The number of carboxylic acid groups (broad SMARTS) is 1. The van der Waals surface area contributed by atoms with E-state index in [1.807, 2.05) is 25.9 Å². The van der Waals surface area contributed by atoms with Crippen molar-refractivity contribution in [3.8, 4) is 0 Å². The summed E-state index contributed by atoms with van der Waals surface area (Å²) < 4.78 is 49.8. The number of hydrogen-bond donors (Lipinski definition) is 4. The number of carbonyl (C=O) groups is 4. The quantitative estimate of drug-likeness (QED) is 0.173. The predicted octanol–water partition coefficient (Wildman–Crippen LogP) is 2.47. The Labute approximate surface area is 343 Å². The van der Waals surface area contributed by atoms with Gasteiger partial charge in [-0.3, -0.25) is 19.2 Å². The SMILES string of the molecule is CC[C@H]1OC(=O)[C@H](C)[C@@H](OC2C[C@@](C)(OC)[C@@H](OC(=O)CC(=O)O)[C@H](C)O2)[C@H](C)[C@@H](OC2O[C@H](C)C[C@H](N(C)C)[C@H]2O)[C@](C)(OC)C[C@@H](C)C(=O)[C@H](C)[C@@H](O)[C@]1(C)O. The second kappa shape index (κ2) is 20.0. The molecule has 3 aliphatic rings. The number of methoxy groups -OCH3 is 2. The molecule has 0 aromatic rings. The maximum Gasteiger partial charge on any atom is 0.317 e. The highest BCUT2D eigenvalue weighted by molar-refractivity contribution is 5.90. The molecule has 0 saturated carbocycles. The second-order valence-electron chi connectivity index (χ2n) is 17.7. The Morgan fingerprint density at radius 3 is 2.00 bits per heavy atom. The van der Waals surface area contributed by atoms with E-state index in [2.05, 4.69) is 0 Å². The Bertz CT molecular complexity index is 1410. The van der Waals surface area contributed by atoms with E-state index in [4.69, 9.17) is 43.0 Å². The van der Waals surface area contributed by atoms with Crippen molar-refractivity contribution in [2.24, 2.45) is 23.7 Å². The largest absolute Gasteiger partial charge is 0.481 e. The maximum absolute atomic E-state index is 14.3. The van der Waals surface area contributed by atoms with Gasteiger partial charge >= 0.3 is 17.9 Å². The van der Waals surface area contributed by atoms with Crippen LogP contribution in [0, 0.1) is 23.7 Å². The number of ether oxygens (including phenoxy) is 8. The Morgan fingerprint density at radius 1 is 0.879 bits per heavy atom. The number of carbonyl (C=O) groups excluding carboxylic acids is 3. The molecule has 17 nitrogen and oxygen atoms in total. The maximum atomic E-state index is 14.3. The van der Waals surface area contributed by atoms with Crippen LogP contribution in [0.15, 0.2) is 0 Å². The van der Waals surface area contributed by atoms with E-state index in [0.717, 1.165) is 0 Å². The Kier molecular flexibility index (Phi) is 17.3. The van der Waals surface area contributed by atoms with Crippen LogP contribution >= 0.6 is 0 Å². The molecule has 0 bridgehead atoms. The number of Topliss-reactive ketones (excluding diaryl/α,β-unsaturated/α-hetero) is 1. The summed E-state index contributed by atoms with van der Waals surface area (Å²) in [7, 11) is 6.59. The van der Waals surface area contributed by atoms with Crippen molar-refractivity contribution in [1.29, 1.82) is 0 Å². The van der Waals surface area contributed by atoms with Crippen molar-refractivity contribution in [3.05, 3.63) is 0 Å². The summed E-state index contributed by atoms with van der Waals surface area (Å²) >= 11 is 0. The number of aliphatic hydroxyl groups is 3. The third-order valence-electron chi connectivity index (χ3n) is 12.8. The van der Waals surface area contributed by atoms with Crippen LogP contribution < -0.4 is 0 Å². The van der Waals surface area contributed by atoms with Gasteiger partial charge in [0.25, 0.3) is 0 Å². The minimum Gasteiger partial charge on any atom is -0.481 e. The molecule has 3 aliphatic heterocycles. The molecule has 0 spiro atoms. The van der Waals surface area contributed by atoms with Crippen LogP contribution in [0.5, 0.6) is 0 Å². The molecule has 336 valence electrons. The Hall–Kier alpha value is -2.32. The zero-order valence-electron chi connectivity index (χ0n) is 36.8. The van der Waals surface area contributed by atoms with Gasteiger partial charge in [-0.1, -0.05) is 27.7 Å². The van der Waals surface area contributed by atoms with Crippen molar-refractivity contribution in [3.63, 3.8) is 0 Å². The molecule has 58 heavy (non-hydrogen) atoms. The summed E-state index contributed by atoms with van der Waals surface area (Å²) in [5, 5.41) is 44.0. The number of nitrogens with zero attached hydrogens (tertiary/aromatic N) is 1. The first-order chi connectivity index (χ1) is 26.8. The first kappa shape index (κ1) is 50.0. The highest BCUT2D eigenvalue weighted by atomic mass is 16.7. The summed E-state index contributed by atoms with van der Waals surface area (Å²) in [4.78, 5) is 54.0. The minimum atomic E-state index is -2.02. The molecule has 4 N–H and O–H groups in total. The summed E-state index contributed by atoms with van der Waals surface area (Å²) in [6.07, 6.45) is -10.8. The lowest BCUT2D eigenvalue weighted by Crippen LogP contribution is -2.61. The first-order valence-corrected chi connectivity index (χ1v) is 20.4. The van der Waals surface area contributed by atoms with Crippen LogP contribution in [0.4, 0.5) is 0 Å². The third kappa shape index (κ3) is 11.1. The fraction of sp³-hybridized carbons (Fsp3) is 0.902. The summed E-state index contributed by atoms with van der Waals surface area (Å²) in [6.45, 7) is 16.6. The molecule has 3 saturated heterocycles. The van der Waals surface area contributed by atoms with Gasteiger partial charge in [-0.25, -0.2) is 0 Å². The molecule has 18 atom stereocenters. The van der Waals surface area contributed by atoms with E-state index in [0.29, 0.717) is 6.42 Å². The number of aliphatic carboxylic acids is 1. The molecule has 3 rings (SSSR count). The fourth-order valence-electron chi connectivity index (χ4n) is 9.10. The van der Waals surface area contributed by atoms with Gasteiger partial charge in [0.15, 0.2) is 18.7 Å². The third-order valence-corrected chi connectivity index (χ3v) is 12.8. The van der Waals surface area contributed by atoms with Gasteiger partial charge in [0.2, 0.25) is 0 Å². The monoisotopic (exact) mass is 833 g/mol. The molecule has 0 aromatic heterocycles. The van der Waals surface area contributed by atoms with E-state index >= 15 is 0 Å². The van der Waals surface area contributed by atoms with Crippen LogP contribution in [0.3, 0.4) is 0 Å². The molecule has 2 unspecified atom stereocenters. The van der Waals surface area contributed by atoms with Gasteiger partial charge in [-0.15, -0.1) is 0 Å². The molecule has 0 aliphatic carbocycles. The number of carboxylic acids is 1. The van der Waals surface area contributed by atoms with Gasteiger partial charge in [0.05, 0.1) is 42.0 Å². The fourth-order valence-corrected chi connectivity index (χ4v) is 9.10. The van der Waals surface area contributed by atoms with Crippen LogP contribution in [0.1, 0.15) is 101 Å². The highest BCUT2D eigenvalue weighted by Crippen LogP contribution is 2.42. The van der Waals surface area contributed by atoms with E-state index in [1.165, 1.54) is 28.1 Å². The lowest BCUT2D eigenvalue weighted by molar-refractivity contribution is -0.320. The van der Waals surface area contributed by atoms with Crippen LogP contribution in [0.2, 0.25) is 0 Å². The smallest absolute Gasteiger partial charge is 0.317 e. The van der Waals surface area contributed by atoms with Gasteiger partial charge < -0.3 is 63.2 Å². The van der Waals surface area contributed by atoms with Crippen molar-refractivity contribution in [2.45, 2.75) is 186 Å². The van der Waals surface area contributed by atoms with Gasteiger partial charge in [-0.05, 0) is 74.9 Å². The molecule has 0 radical (unpaired) electrons. The lowest BCUT2D eigenvalue weighted by Gasteiger charge is -2.50. The predicted molar refractivity (Wildman–Crippen MR) is 207 cm³/mol. The Morgan fingerprint density at radius 2 is 1.47 bits per heavy atom.